The van der Waals surface area contributed by atoms with Crippen molar-refractivity contribution >= 4 is 27.5 Å². The lowest BCUT2D eigenvalue weighted by Crippen LogP contribution is -2.26. The number of furan rings is 1. The molecule has 1 amide bonds. The number of methoxy groups -OCH3 is 2. The van der Waals surface area contributed by atoms with Crippen LogP contribution in [0.3, 0.4) is 0 Å². The highest BCUT2D eigenvalue weighted by molar-refractivity contribution is 9.10. The topological polar surface area (TPSA) is 64.3 Å². The van der Waals surface area contributed by atoms with E-state index in [0.29, 0.717) is 11.1 Å². The average molecular weight is 455 g/mol. The van der Waals surface area contributed by atoms with E-state index in [2.05, 4.69) is 21.0 Å². The predicted octanol–water partition coefficient (Wildman–Crippen LogP) is 5.05. The summed E-state index contributed by atoms with van der Waals surface area (Å²) in [6.07, 6.45) is 0.577. The minimum atomic E-state index is -0.299. The monoisotopic (exact) mass is 454 g/mol. The van der Waals surface area contributed by atoms with Crippen LogP contribution < -0.4 is 9.47 Å². The third-order valence-corrected chi connectivity index (χ3v) is 5.23. The van der Waals surface area contributed by atoms with E-state index < -0.39 is 0 Å². The molecular formula is C22H19BrN2O4. The van der Waals surface area contributed by atoms with Crippen LogP contribution in [0.2, 0.25) is 0 Å². The molecule has 0 bridgehead atoms. The molecule has 0 spiro atoms. The van der Waals surface area contributed by atoms with Crippen LogP contribution in [0.1, 0.15) is 34.1 Å². The Bertz CT molecular complexity index is 1060. The first-order valence-corrected chi connectivity index (χ1v) is 9.83. The van der Waals surface area contributed by atoms with Crippen molar-refractivity contribution in [3.8, 4) is 11.5 Å². The largest absolute Gasteiger partial charge is 0.497 e. The van der Waals surface area contributed by atoms with Crippen molar-refractivity contribution < 1.29 is 18.7 Å². The fourth-order valence-corrected chi connectivity index (χ4v) is 3.61. The van der Waals surface area contributed by atoms with Gasteiger partial charge in [0.25, 0.3) is 0 Å². The standard InChI is InChI=1S/C22H19BrN2O4/c1-27-16-8-6-14(7-9-16)18-13-19(15-4-3-5-17(12-15)28-2)25(24-18)22(26)20-10-11-21(23)29-20/h3-12,19H,13H2,1-2H3/t19-/m1/s1. The Morgan fingerprint density at radius 3 is 2.48 bits per heavy atom. The van der Waals surface area contributed by atoms with Gasteiger partial charge in [0, 0.05) is 6.42 Å². The Kier molecular flexibility index (Phi) is 5.40. The number of amides is 1. The first kappa shape index (κ1) is 19.3. The lowest BCUT2D eigenvalue weighted by Gasteiger charge is -2.21. The molecule has 6 nitrogen and oxygen atoms in total. The Hall–Kier alpha value is -3.06. The molecule has 1 aliphatic rings. The van der Waals surface area contributed by atoms with Crippen LogP contribution in [0, 0.1) is 0 Å². The molecule has 0 radical (unpaired) electrons. The highest BCUT2D eigenvalue weighted by atomic mass is 79.9. The van der Waals surface area contributed by atoms with E-state index in [4.69, 9.17) is 13.9 Å². The molecule has 29 heavy (non-hydrogen) atoms. The zero-order chi connectivity index (χ0) is 20.4. The summed E-state index contributed by atoms with van der Waals surface area (Å²) in [6, 6.07) is 18.4. The number of benzene rings is 2. The van der Waals surface area contributed by atoms with Gasteiger partial charge < -0.3 is 13.9 Å². The van der Waals surface area contributed by atoms with E-state index in [1.165, 1.54) is 5.01 Å². The first-order valence-electron chi connectivity index (χ1n) is 9.04. The molecule has 2 aromatic carbocycles. The molecule has 0 aliphatic carbocycles. The van der Waals surface area contributed by atoms with Crippen molar-refractivity contribution in [2.24, 2.45) is 5.10 Å². The van der Waals surface area contributed by atoms with E-state index >= 15 is 0 Å². The van der Waals surface area contributed by atoms with Crippen molar-refractivity contribution in [2.75, 3.05) is 14.2 Å². The second-order valence-electron chi connectivity index (χ2n) is 6.53. The van der Waals surface area contributed by atoms with E-state index in [1.54, 1.807) is 26.4 Å². The summed E-state index contributed by atoms with van der Waals surface area (Å²) in [5.74, 6) is 1.43. The Morgan fingerprint density at radius 2 is 1.83 bits per heavy atom. The summed E-state index contributed by atoms with van der Waals surface area (Å²) < 4.78 is 16.6. The number of nitrogens with zero attached hydrogens (tertiary/aromatic N) is 2. The van der Waals surface area contributed by atoms with Crippen LogP contribution >= 0.6 is 15.9 Å². The molecule has 2 heterocycles. The number of carbonyl (C=O) groups excluding carboxylic acids is 1. The van der Waals surface area contributed by atoms with Gasteiger partial charge in [-0.15, -0.1) is 0 Å². The maximum atomic E-state index is 13.1. The van der Waals surface area contributed by atoms with E-state index in [0.717, 1.165) is 28.3 Å². The van der Waals surface area contributed by atoms with Crippen molar-refractivity contribution in [1.29, 1.82) is 0 Å². The van der Waals surface area contributed by atoms with E-state index in [-0.39, 0.29) is 17.7 Å². The second kappa shape index (κ2) is 8.13. The molecule has 1 atom stereocenters. The number of rotatable bonds is 5. The maximum Gasteiger partial charge on any atom is 0.310 e. The van der Waals surface area contributed by atoms with Crippen molar-refractivity contribution in [2.45, 2.75) is 12.5 Å². The maximum absolute atomic E-state index is 13.1. The molecular weight excluding hydrogens is 436 g/mol. The van der Waals surface area contributed by atoms with E-state index in [9.17, 15) is 4.79 Å². The Labute approximate surface area is 176 Å². The average Bonchev–Trinajstić information content (AvgIpc) is 3.40. The summed E-state index contributed by atoms with van der Waals surface area (Å²) in [4.78, 5) is 13.1. The minimum Gasteiger partial charge on any atom is -0.497 e. The minimum absolute atomic E-state index is 0.226. The van der Waals surface area contributed by atoms with Crippen LogP contribution in [0.5, 0.6) is 11.5 Å². The SMILES string of the molecule is COc1ccc(C2=NN(C(=O)c3ccc(Br)o3)[C@@H](c3cccc(OC)c3)C2)cc1. The molecule has 4 rings (SSSR count). The van der Waals surface area contributed by atoms with Gasteiger partial charge in [-0.3, -0.25) is 4.79 Å². The van der Waals surface area contributed by atoms with Crippen molar-refractivity contribution in [3.05, 3.63) is 82.2 Å². The fourth-order valence-electron chi connectivity index (χ4n) is 3.31. The van der Waals surface area contributed by atoms with Crippen LogP contribution in [-0.2, 0) is 0 Å². The molecule has 1 aliphatic heterocycles. The van der Waals surface area contributed by atoms with Crippen LogP contribution in [0.15, 0.2) is 74.9 Å². The van der Waals surface area contributed by atoms with E-state index in [1.807, 2.05) is 48.5 Å². The molecule has 0 saturated carbocycles. The molecule has 1 aromatic heterocycles. The predicted molar refractivity (Wildman–Crippen MR) is 112 cm³/mol. The number of halogens is 1. The highest BCUT2D eigenvalue weighted by Gasteiger charge is 2.35. The number of hydrazone groups is 1. The molecule has 3 aromatic rings. The van der Waals surface area contributed by atoms with Gasteiger partial charge in [-0.2, -0.15) is 5.10 Å². The molecule has 0 unspecified atom stereocenters. The second-order valence-corrected chi connectivity index (χ2v) is 7.31. The van der Waals surface area contributed by atoms with Gasteiger partial charge in [-0.25, -0.2) is 5.01 Å². The summed E-state index contributed by atoms with van der Waals surface area (Å²) in [7, 11) is 3.25. The molecule has 148 valence electrons. The summed E-state index contributed by atoms with van der Waals surface area (Å²) in [5.41, 5.74) is 2.70. The molecule has 0 saturated heterocycles. The van der Waals surface area contributed by atoms with Gasteiger partial charge in [0.2, 0.25) is 0 Å². The summed E-state index contributed by atoms with van der Waals surface area (Å²) in [6.45, 7) is 0. The first-order chi connectivity index (χ1) is 14.1. The van der Waals surface area contributed by atoms with Gasteiger partial charge in [0.05, 0.1) is 26.0 Å². The smallest absolute Gasteiger partial charge is 0.310 e. The third kappa shape index (κ3) is 3.91. The normalized spacial score (nSPS) is 15.9. The lowest BCUT2D eigenvalue weighted by atomic mass is 9.98. The van der Waals surface area contributed by atoms with Crippen LogP contribution in [0.25, 0.3) is 0 Å². The zero-order valence-corrected chi connectivity index (χ0v) is 17.5. The number of ether oxygens (including phenoxy) is 2. The van der Waals surface area contributed by atoms with Gasteiger partial charge in [0.1, 0.15) is 11.5 Å². The van der Waals surface area contributed by atoms with Gasteiger partial charge in [-0.1, -0.05) is 12.1 Å². The van der Waals surface area contributed by atoms with Gasteiger partial charge >= 0.3 is 5.91 Å². The molecule has 0 fully saturated rings. The van der Waals surface area contributed by atoms with Gasteiger partial charge in [0.15, 0.2) is 10.4 Å². The molecule has 0 N–H and O–H groups in total. The Balaban J connectivity index is 1.71. The quantitative estimate of drug-likeness (QED) is 0.540. The number of hydrogen-bond acceptors (Lipinski definition) is 5. The van der Waals surface area contributed by atoms with Crippen LogP contribution in [0.4, 0.5) is 0 Å². The fraction of sp³-hybridized carbons (Fsp3) is 0.182. The van der Waals surface area contributed by atoms with Crippen LogP contribution in [-0.4, -0.2) is 30.8 Å². The third-order valence-electron chi connectivity index (χ3n) is 4.80. The lowest BCUT2D eigenvalue weighted by molar-refractivity contribution is 0.0677. The summed E-state index contributed by atoms with van der Waals surface area (Å²) in [5, 5.41) is 6.14. The van der Waals surface area contributed by atoms with Gasteiger partial charge in [-0.05, 0) is 75.6 Å². The molecule has 7 heteroatoms. The van der Waals surface area contributed by atoms with Crippen molar-refractivity contribution in [3.63, 3.8) is 0 Å². The van der Waals surface area contributed by atoms with Crippen molar-refractivity contribution in [1.82, 2.24) is 5.01 Å². The highest BCUT2D eigenvalue weighted by Crippen LogP contribution is 2.35. The summed E-state index contributed by atoms with van der Waals surface area (Å²) >= 11 is 3.25. The number of hydrogen-bond donors (Lipinski definition) is 0. The number of carbonyl (C=O) groups is 1. The Morgan fingerprint density at radius 1 is 1.07 bits per heavy atom. The zero-order valence-electron chi connectivity index (χ0n) is 16.0.